The van der Waals surface area contributed by atoms with E-state index in [2.05, 4.69) is 25.5 Å². The number of piperidine rings is 2. The fraction of sp³-hybridized carbons (Fsp3) is 0.381. The zero-order chi connectivity index (χ0) is 19.8. The maximum atomic E-state index is 13.5. The summed E-state index contributed by atoms with van der Waals surface area (Å²) >= 11 is 0. The number of benzene rings is 1. The van der Waals surface area contributed by atoms with Gasteiger partial charge in [-0.2, -0.15) is 15.0 Å². The van der Waals surface area contributed by atoms with Gasteiger partial charge in [0.1, 0.15) is 5.82 Å². The fourth-order valence-corrected chi connectivity index (χ4v) is 4.56. The summed E-state index contributed by atoms with van der Waals surface area (Å²) in [5.41, 5.74) is 2.23. The number of amides is 1. The van der Waals surface area contributed by atoms with Crippen LogP contribution in [0.25, 0.3) is 5.69 Å². The summed E-state index contributed by atoms with van der Waals surface area (Å²) in [7, 11) is 0. The van der Waals surface area contributed by atoms with Crippen molar-refractivity contribution in [3.8, 4) is 5.69 Å². The van der Waals surface area contributed by atoms with E-state index in [0.717, 1.165) is 37.3 Å². The molecule has 148 valence electrons. The number of aryl methyl sites for hydroxylation is 1. The largest absolute Gasteiger partial charge is 0.364 e. The maximum Gasteiger partial charge on any atom is 0.256 e. The summed E-state index contributed by atoms with van der Waals surface area (Å²) in [5.74, 6) is 1.30. The molecule has 2 aromatic heterocycles. The monoisotopic (exact) mass is 389 g/mol. The Kier molecular flexibility index (Phi) is 4.46. The third-order valence-corrected chi connectivity index (χ3v) is 5.92. The molecule has 1 aliphatic carbocycles. The van der Waals surface area contributed by atoms with Gasteiger partial charge in [-0.15, -0.1) is 0 Å². The lowest BCUT2D eigenvalue weighted by atomic mass is 9.76. The molecule has 0 radical (unpaired) electrons. The zero-order valence-electron chi connectivity index (χ0n) is 16.3. The Morgan fingerprint density at radius 1 is 1.10 bits per heavy atom. The maximum absolute atomic E-state index is 13.5. The summed E-state index contributed by atoms with van der Waals surface area (Å²) in [6.07, 6.45) is 9.97. The van der Waals surface area contributed by atoms with Gasteiger partial charge in [0, 0.05) is 12.6 Å². The Bertz CT molecular complexity index is 1000. The number of hydrogen-bond acceptors (Lipinski definition) is 6. The van der Waals surface area contributed by atoms with Crippen LogP contribution in [0, 0.1) is 12.8 Å². The smallest absolute Gasteiger partial charge is 0.256 e. The average molecular weight is 389 g/mol. The predicted octanol–water partition coefficient (Wildman–Crippen LogP) is 2.47. The van der Waals surface area contributed by atoms with Gasteiger partial charge in [-0.1, -0.05) is 12.1 Å². The number of nitrogens with zero attached hydrogens (tertiary/aromatic N) is 6. The van der Waals surface area contributed by atoms with Crippen molar-refractivity contribution >= 4 is 11.7 Å². The van der Waals surface area contributed by atoms with Crippen molar-refractivity contribution in [3.63, 3.8) is 0 Å². The van der Waals surface area contributed by atoms with Gasteiger partial charge in [-0.05, 0) is 44.2 Å². The van der Waals surface area contributed by atoms with Gasteiger partial charge in [-0.25, -0.2) is 4.98 Å². The molecule has 1 saturated carbocycles. The van der Waals surface area contributed by atoms with Crippen molar-refractivity contribution in [1.29, 1.82) is 0 Å². The van der Waals surface area contributed by atoms with Crippen LogP contribution in [0.2, 0.25) is 0 Å². The number of anilines is 1. The second-order valence-electron chi connectivity index (χ2n) is 7.83. The van der Waals surface area contributed by atoms with E-state index in [1.165, 1.54) is 4.80 Å². The number of hydrogen-bond donors (Lipinski definition) is 1. The van der Waals surface area contributed by atoms with E-state index >= 15 is 0 Å². The van der Waals surface area contributed by atoms with Crippen molar-refractivity contribution in [2.24, 2.45) is 5.92 Å². The molecule has 3 aromatic rings. The quantitative estimate of drug-likeness (QED) is 0.737. The van der Waals surface area contributed by atoms with Gasteiger partial charge in [0.25, 0.3) is 5.91 Å². The number of aromatic nitrogens is 5. The molecule has 3 unspecified atom stereocenters. The molecule has 1 amide bonds. The highest BCUT2D eigenvalue weighted by Crippen LogP contribution is 2.37. The molecule has 6 rings (SSSR count). The fourth-order valence-electron chi connectivity index (χ4n) is 4.56. The SMILES string of the molecule is Cc1cnc(NC2CC3CCC2N(C(=O)c2ccccc2-n2nccn2)C3)cn1. The van der Waals surface area contributed by atoms with Crippen molar-refractivity contribution in [2.45, 2.75) is 38.3 Å². The minimum Gasteiger partial charge on any atom is -0.364 e. The Morgan fingerprint density at radius 3 is 2.69 bits per heavy atom. The third kappa shape index (κ3) is 3.35. The molecule has 8 nitrogen and oxygen atoms in total. The van der Waals surface area contributed by atoms with Crippen LogP contribution in [0.3, 0.4) is 0 Å². The van der Waals surface area contributed by atoms with Crippen molar-refractivity contribution in [1.82, 2.24) is 29.9 Å². The minimum atomic E-state index is 0.0362. The molecule has 8 heteroatoms. The molecule has 29 heavy (non-hydrogen) atoms. The van der Waals surface area contributed by atoms with Crippen LogP contribution in [0.15, 0.2) is 49.1 Å². The Balaban J connectivity index is 1.41. The number of carbonyl (C=O) groups excluding carboxylic acids is 1. The summed E-state index contributed by atoms with van der Waals surface area (Å²) in [6.45, 7) is 2.72. The van der Waals surface area contributed by atoms with Crippen LogP contribution in [0.1, 0.15) is 35.3 Å². The van der Waals surface area contributed by atoms with Gasteiger partial charge >= 0.3 is 0 Å². The molecule has 1 N–H and O–H groups in total. The van der Waals surface area contributed by atoms with E-state index < -0.39 is 0 Å². The standard InChI is InChI=1S/C21H23N7O/c1-14-11-23-20(12-22-14)26-17-10-15-6-7-19(17)27(13-15)21(29)16-4-2-3-5-18(16)28-24-8-9-25-28/h2-5,8-9,11-12,15,17,19H,6-7,10,13H2,1H3,(H,23,26). The first-order valence-electron chi connectivity index (χ1n) is 10.0. The highest BCUT2D eigenvalue weighted by atomic mass is 16.2. The Hall–Kier alpha value is -3.29. The van der Waals surface area contributed by atoms with Crippen LogP contribution in [-0.2, 0) is 0 Å². The molecule has 3 atom stereocenters. The van der Waals surface area contributed by atoms with Gasteiger partial charge in [0.2, 0.25) is 0 Å². The van der Waals surface area contributed by atoms with Crippen LogP contribution < -0.4 is 5.32 Å². The molecule has 3 aliphatic rings. The van der Waals surface area contributed by atoms with E-state index in [1.54, 1.807) is 24.8 Å². The zero-order valence-corrected chi connectivity index (χ0v) is 16.3. The summed E-state index contributed by atoms with van der Waals surface area (Å²) < 4.78 is 0. The third-order valence-electron chi connectivity index (χ3n) is 5.92. The number of rotatable bonds is 4. The molecule has 2 saturated heterocycles. The van der Waals surface area contributed by atoms with E-state index in [-0.39, 0.29) is 18.0 Å². The second-order valence-corrected chi connectivity index (χ2v) is 7.83. The van der Waals surface area contributed by atoms with E-state index in [9.17, 15) is 4.79 Å². The molecular weight excluding hydrogens is 366 g/mol. The van der Waals surface area contributed by atoms with Gasteiger partial charge in [-0.3, -0.25) is 9.78 Å². The average Bonchev–Trinajstić information content (AvgIpc) is 3.30. The highest BCUT2D eigenvalue weighted by Gasteiger charge is 2.43. The summed E-state index contributed by atoms with van der Waals surface area (Å²) in [6, 6.07) is 7.84. The first kappa shape index (κ1) is 17.8. The lowest BCUT2D eigenvalue weighted by Gasteiger charge is -2.50. The molecule has 0 spiro atoms. The van der Waals surface area contributed by atoms with Crippen LogP contribution in [-0.4, -0.2) is 54.4 Å². The first-order valence-corrected chi connectivity index (χ1v) is 10.0. The first-order chi connectivity index (χ1) is 14.2. The number of para-hydroxylation sites is 1. The molecule has 3 fully saturated rings. The second kappa shape index (κ2) is 7.27. The lowest BCUT2D eigenvalue weighted by Crippen LogP contribution is -2.59. The van der Waals surface area contributed by atoms with Gasteiger partial charge in [0.05, 0.1) is 47.8 Å². The minimum absolute atomic E-state index is 0.0362. The lowest BCUT2D eigenvalue weighted by molar-refractivity contribution is 0.0281. The molecular formula is C21H23N7O. The van der Waals surface area contributed by atoms with Gasteiger partial charge in [0.15, 0.2) is 0 Å². The highest BCUT2D eigenvalue weighted by molar-refractivity contribution is 5.98. The van der Waals surface area contributed by atoms with Gasteiger partial charge < -0.3 is 10.2 Å². The summed E-state index contributed by atoms with van der Waals surface area (Å²) in [4.78, 5) is 25.8. The van der Waals surface area contributed by atoms with Crippen LogP contribution in [0.5, 0.6) is 0 Å². The van der Waals surface area contributed by atoms with Crippen LogP contribution in [0.4, 0.5) is 5.82 Å². The molecule has 2 aliphatic heterocycles. The Morgan fingerprint density at radius 2 is 1.93 bits per heavy atom. The van der Waals surface area contributed by atoms with Crippen molar-refractivity contribution < 1.29 is 4.79 Å². The summed E-state index contributed by atoms with van der Waals surface area (Å²) in [5, 5.41) is 11.9. The molecule has 1 aromatic carbocycles. The van der Waals surface area contributed by atoms with Crippen LogP contribution >= 0.6 is 0 Å². The number of fused-ring (bicyclic) bond motifs is 3. The van der Waals surface area contributed by atoms with E-state index in [4.69, 9.17) is 0 Å². The topological polar surface area (TPSA) is 88.8 Å². The molecule has 4 heterocycles. The van der Waals surface area contributed by atoms with Crippen molar-refractivity contribution in [2.75, 3.05) is 11.9 Å². The number of carbonyl (C=O) groups is 1. The molecule has 2 bridgehead atoms. The predicted molar refractivity (Wildman–Crippen MR) is 108 cm³/mol. The number of nitrogens with one attached hydrogen (secondary N) is 1. The Labute approximate surface area is 169 Å². The van der Waals surface area contributed by atoms with E-state index in [1.807, 2.05) is 36.1 Å². The van der Waals surface area contributed by atoms with Crippen molar-refractivity contribution in [3.05, 3.63) is 60.3 Å². The van der Waals surface area contributed by atoms with E-state index in [0.29, 0.717) is 17.2 Å². The normalized spacial score (nSPS) is 23.2.